The minimum atomic E-state index is -0.752. The Kier molecular flexibility index (Phi) is 6.60. The molecule has 0 bridgehead atoms. The van der Waals surface area contributed by atoms with Crippen molar-refractivity contribution in [1.29, 1.82) is 0 Å². The normalized spacial score (nSPS) is 11.4. The van der Waals surface area contributed by atoms with Crippen LogP contribution in [0.25, 0.3) is 0 Å². The third-order valence-corrected chi connectivity index (χ3v) is 3.78. The van der Waals surface area contributed by atoms with Gasteiger partial charge in [0.15, 0.2) is 12.7 Å². The number of aryl methyl sites for hydroxylation is 3. The smallest absolute Gasteiger partial charge is 0.279 e. The lowest BCUT2D eigenvalue weighted by Crippen LogP contribution is -2.48. The van der Waals surface area contributed by atoms with Crippen molar-refractivity contribution < 1.29 is 19.1 Å². The quantitative estimate of drug-likeness (QED) is 0.780. The van der Waals surface area contributed by atoms with Crippen LogP contribution in [0.1, 0.15) is 23.6 Å². The topological polar surface area (TPSA) is 76.7 Å². The van der Waals surface area contributed by atoms with Crippen LogP contribution in [0.2, 0.25) is 0 Å². The predicted octanol–water partition coefficient (Wildman–Crippen LogP) is 2.61. The van der Waals surface area contributed by atoms with Crippen LogP contribution >= 0.6 is 0 Å². The van der Waals surface area contributed by atoms with E-state index in [-0.39, 0.29) is 6.61 Å². The van der Waals surface area contributed by atoms with Gasteiger partial charge in [-0.3, -0.25) is 20.4 Å². The number of benzene rings is 2. The molecule has 0 fully saturated rings. The van der Waals surface area contributed by atoms with Gasteiger partial charge < -0.3 is 9.47 Å². The SMILES string of the molecule is Cc1ccc(OC(C)C(=O)NNC(=O)COc2c(C)cccc2C)cc1. The fraction of sp³-hybridized carbons (Fsp3) is 0.300. The van der Waals surface area contributed by atoms with Gasteiger partial charge in [0.2, 0.25) is 0 Å². The van der Waals surface area contributed by atoms with Gasteiger partial charge in [-0.25, -0.2) is 0 Å². The standard InChI is InChI=1S/C20H24N2O4/c1-13-8-10-17(11-9-13)26-16(4)20(24)22-21-18(23)12-25-19-14(2)6-5-7-15(19)3/h5-11,16H,12H2,1-4H3,(H,21,23)(H,22,24). The second kappa shape index (κ2) is 8.89. The molecular formula is C20H24N2O4. The minimum Gasteiger partial charge on any atom is -0.483 e. The van der Waals surface area contributed by atoms with Crippen molar-refractivity contribution in [2.75, 3.05) is 6.61 Å². The van der Waals surface area contributed by atoms with Gasteiger partial charge in [0, 0.05) is 0 Å². The first-order chi connectivity index (χ1) is 12.4. The highest BCUT2D eigenvalue weighted by Gasteiger charge is 2.15. The number of hydrogen-bond acceptors (Lipinski definition) is 4. The van der Waals surface area contributed by atoms with Crippen molar-refractivity contribution in [2.24, 2.45) is 0 Å². The molecular weight excluding hydrogens is 332 g/mol. The largest absolute Gasteiger partial charge is 0.483 e. The number of carbonyl (C=O) groups excluding carboxylic acids is 2. The van der Waals surface area contributed by atoms with Crippen LogP contribution in [0.5, 0.6) is 11.5 Å². The molecule has 6 nitrogen and oxygen atoms in total. The molecule has 0 spiro atoms. The number of para-hydroxylation sites is 1. The molecule has 0 aromatic heterocycles. The lowest BCUT2D eigenvalue weighted by molar-refractivity contribution is -0.133. The van der Waals surface area contributed by atoms with Gasteiger partial charge in [0.05, 0.1) is 0 Å². The monoisotopic (exact) mass is 356 g/mol. The highest BCUT2D eigenvalue weighted by Crippen LogP contribution is 2.21. The molecule has 2 rings (SSSR count). The van der Waals surface area contributed by atoms with Gasteiger partial charge in [-0.05, 0) is 51.0 Å². The highest BCUT2D eigenvalue weighted by molar-refractivity contribution is 5.85. The molecule has 138 valence electrons. The molecule has 1 atom stereocenters. The molecule has 2 aromatic rings. The van der Waals surface area contributed by atoms with Gasteiger partial charge in [-0.15, -0.1) is 0 Å². The maximum atomic E-state index is 12.0. The van der Waals surface area contributed by atoms with Gasteiger partial charge in [-0.2, -0.15) is 0 Å². The van der Waals surface area contributed by atoms with Crippen LogP contribution in [0.4, 0.5) is 0 Å². The number of amides is 2. The molecule has 2 N–H and O–H groups in total. The Morgan fingerprint density at radius 2 is 1.58 bits per heavy atom. The lowest BCUT2D eigenvalue weighted by atomic mass is 10.1. The first kappa shape index (κ1) is 19.3. The zero-order valence-electron chi connectivity index (χ0n) is 15.5. The summed E-state index contributed by atoms with van der Waals surface area (Å²) in [6.07, 6.45) is -0.752. The van der Waals surface area contributed by atoms with Crippen molar-refractivity contribution in [3.8, 4) is 11.5 Å². The molecule has 0 aliphatic rings. The zero-order valence-corrected chi connectivity index (χ0v) is 15.5. The fourth-order valence-corrected chi connectivity index (χ4v) is 2.31. The van der Waals surface area contributed by atoms with E-state index in [0.717, 1.165) is 16.7 Å². The summed E-state index contributed by atoms with van der Waals surface area (Å²) >= 11 is 0. The van der Waals surface area contributed by atoms with Crippen molar-refractivity contribution in [3.63, 3.8) is 0 Å². The third kappa shape index (κ3) is 5.51. The Hall–Kier alpha value is -3.02. The molecule has 26 heavy (non-hydrogen) atoms. The summed E-state index contributed by atoms with van der Waals surface area (Å²) in [4.78, 5) is 23.9. The van der Waals surface area contributed by atoms with E-state index in [1.54, 1.807) is 19.1 Å². The Morgan fingerprint density at radius 3 is 2.19 bits per heavy atom. The Morgan fingerprint density at radius 1 is 0.962 bits per heavy atom. The number of carbonyl (C=O) groups is 2. The first-order valence-electron chi connectivity index (χ1n) is 8.38. The summed E-state index contributed by atoms with van der Waals surface area (Å²) in [5.41, 5.74) is 7.65. The van der Waals surface area contributed by atoms with Gasteiger partial charge in [-0.1, -0.05) is 35.9 Å². The number of hydrazine groups is 1. The van der Waals surface area contributed by atoms with E-state index >= 15 is 0 Å². The molecule has 0 aliphatic heterocycles. The Bertz CT molecular complexity index is 752. The van der Waals surface area contributed by atoms with Crippen molar-refractivity contribution in [3.05, 3.63) is 59.2 Å². The number of hydrogen-bond donors (Lipinski definition) is 2. The summed E-state index contributed by atoms with van der Waals surface area (Å²) in [6.45, 7) is 7.20. The minimum absolute atomic E-state index is 0.195. The Balaban J connectivity index is 1.77. The molecule has 6 heteroatoms. The average Bonchev–Trinajstić information content (AvgIpc) is 2.61. The molecule has 1 unspecified atom stereocenters. The molecule has 0 saturated heterocycles. The molecule has 2 aromatic carbocycles. The van der Waals surface area contributed by atoms with Crippen molar-refractivity contribution in [2.45, 2.75) is 33.8 Å². The first-order valence-corrected chi connectivity index (χ1v) is 8.38. The van der Waals surface area contributed by atoms with Crippen LogP contribution < -0.4 is 20.3 Å². The van der Waals surface area contributed by atoms with E-state index < -0.39 is 17.9 Å². The number of ether oxygens (including phenoxy) is 2. The predicted molar refractivity (Wildman–Crippen MR) is 99.0 cm³/mol. The molecule has 0 saturated carbocycles. The number of nitrogens with one attached hydrogen (secondary N) is 2. The van der Waals surface area contributed by atoms with Crippen LogP contribution in [-0.2, 0) is 9.59 Å². The van der Waals surface area contributed by atoms with E-state index in [1.807, 2.05) is 51.1 Å². The van der Waals surface area contributed by atoms with Crippen LogP contribution in [-0.4, -0.2) is 24.5 Å². The van der Waals surface area contributed by atoms with E-state index in [2.05, 4.69) is 10.9 Å². The van der Waals surface area contributed by atoms with Crippen molar-refractivity contribution >= 4 is 11.8 Å². The number of rotatable bonds is 6. The van der Waals surface area contributed by atoms with Crippen LogP contribution in [0.3, 0.4) is 0 Å². The van der Waals surface area contributed by atoms with Crippen LogP contribution in [0, 0.1) is 20.8 Å². The molecule has 0 aliphatic carbocycles. The second-order valence-corrected chi connectivity index (χ2v) is 6.12. The molecule has 2 amide bonds. The van der Waals surface area contributed by atoms with Gasteiger partial charge >= 0.3 is 0 Å². The van der Waals surface area contributed by atoms with Gasteiger partial charge in [0.25, 0.3) is 11.8 Å². The van der Waals surface area contributed by atoms with Crippen LogP contribution in [0.15, 0.2) is 42.5 Å². The fourth-order valence-electron chi connectivity index (χ4n) is 2.31. The summed E-state index contributed by atoms with van der Waals surface area (Å²) in [7, 11) is 0. The third-order valence-electron chi connectivity index (χ3n) is 3.78. The summed E-state index contributed by atoms with van der Waals surface area (Å²) in [6, 6.07) is 13.1. The van der Waals surface area contributed by atoms with Gasteiger partial charge in [0.1, 0.15) is 11.5 Å². The zero-order chi connectivity index (χ0) is 19.1. The van der Waals surface area contributed by atoms with E-state index in [0.29, 0.717) is 11.5 Å². The summed E-state index contributed by atoms with van der Waals surface area (Å²) in [5, 5.41) is 0. The van der Waals surface area contributed by atoms with E-state index in [4.69, 9.17) is 9.47 Å². The van der Waals surface area contributed by atoms with Crippen molar-refractivity contribution in [1.82, 2.24) is 10.9 Å². The highest BCUT2D eigenvalue weighted by atomic mass is 16.5. The lowest BCUT2D eigenvalue weighted by Gasteiger charge is -2.16. The Labute approximate surface area is 153 Å². The maximum absolute atomic E-state index is 12.0. The maximum Gasteiger partial charge on any atom is 0.279 e. The van der Waals surface area contributed by atoms with E-state index in [1.165, 1.54) is 0 Å². The summed E-state index contributed by atoms with van der Waals surface area (Å²) in [5.74, 6) is 0.350. The molecule has 0 heterocycles. The summed E-state index contributed by atoms with van der Waals surface area (Å²) < 4.78 is 11.1. The average molecular weight is 356 g/mol. The molecule has 0 radical (unpaired) electrons. The van der Waals surface area contributed by atoms with E-state index in [9.17, 15) is 9.59 Å². The second-order valence-electron chi connectivity index (χ2n) is 6.12.